The van der Waals surface area contributed by atoms with Crippen LogP contribution >= 0.6 is 11.6 Å². The number of aromatic nitrogens is 2. The maximum absolute atomic E-state index is 5.86. The molecular formula is C11H9ClN3. The van der Waals surface area contributed by atoms with Gasteiger partial charge in [-0.3, -0.25) is 0 Å². The second-order valence-corrected chi connectivity index (χ2v) is 3.43. The van der Waals surface area contributed by atoms with Crippen LogP contribution in [0.15, 0.2) is 36.7 Å². The predicted molar refractivity (Wildman–Crippen MR) is 59.6 cm³/mol. The molecule has 0 bridgehead atoms. The lowest BCUT2D eigenvalue weighted by molar-refractivity contribution is 1.05. The molecule has 4 heteroatoms. The Hall–Kier alpha value is -1.61. The molecule has 0 amide bonds. The number of nitrogens with one attached hydrogen (secondary N) is 1. The van der Waals surface area contributed by atoms with E-state index in [2.05, 4.69) is 21.4 Å². The fraction of sp³-hybridized carbons (Fsp3) is 0.0909. The molecule has 1 radical (unpaired) electrons. The lowest BCUT2D eigenvalue weighted by atomic mass is 10.2. The van der Waals surface area contributed by atoms with Gasteiger partial charge in [-0.25, -0.2) is 9.97 Å². The average Bonchev–Trinajstić information content (AvgIpc) is 2.28. The molecule has 0 aliphatic carbocycles. The van der Waals surface area contributed by atoms with Gasteiger partial charge in [0.1, 0.15) is 0 Å². The average molecular weight is 219 g/mol. The third kappa shape index (κ3) is 2.92. The second kappa shape index (κ2) is 4.75. The summed E-state index contributed by atoms with van der Waals surface area (Å²) in [5.74, 6) is 0.591. The van der Waals surface area contributed by atoms with E-state index in [9.17, 15) is 0 Å². The fourth-order valence-corrected chi connectivity index (χ4v) is 1.40. The smallest absolute Gasteiger partial charge is 0.222 e. The molecule has 15 heavy (non-hydrogen) atoms. The van der Waals surface area contributed by atoms with E-state index in [1.54, 1.807) is 12.4 Å². The van der Waals surface area contributed by atoms with Gasteiger partial charge in [0.2, 0.25) is 5.95 Å². The summed E-state index contributed by atoms with van der Waals surface area (Å²) < 4.78 is 0. The zero-order valence-electron chi connectivity index (χ0n) is 7.94. The Bertz CT molecular complexity index is 431. The van der Waals surface area contributed by atoms with Crippen LogP contribution in [0.4, 0.5) is 5.95 Å². The van der Waals surface area contributed by atoms with Gasteiger partial charge in [0, 0.05) is 30.0 Å². The highest BCUT2D eigenvalue weighted by Gasteiger charge is 1.95. The summed E-state index contributed by atoms with van der Waals surface area (Å²) in [6, 6.07) is 10.4. The van der Waals surface area contributed by atoms with Crippen molar-refractivity contribution in [3.05, 3.63) is 53.3 Å². The van der Waals surface area contributed by atoms with Crippen molar-refractivity contribution in [1.29, 1.82) is 0 Å². The molecule has 0 saturated heterocycles. The molecular weight excluding hydrogens is 210 g/mol. The van der Waals surface area contributed by atoms with E-state index in [1.165, 1.54) is 0 Å². The van der Waals surface area contributed by atoms with Crippen LogP contribution in [0.2, 0.25) is 5.02 Å². The molecule has 1 heterocycles. The van der Waals surface area contributed by atoms with Gasteiger partial charge in [-0.1, -0.05) is 23.7 Å². The van der Waals surface area contributed by atoms with Crippen molar-refractivity contribution in [2.75, 3.05) is 5.32 Å². The van der Waals surface area contributed by atoms with Crippen molar-refractivity contribution in [1.82, 2.24) is 9.97 Å². The Morgan fingerprint density at radius 2 is 2.07 bits per heavy atom. The first-order valence-corrected chi connectivity index (χ1v) is 4.89. The highest BCUT2D eigenvalue weighted by atomic mass is 35.5. The highest BCUT2D eigenvalue weighted by Crippen LogP contribution is 2.11. The Morgan fingerprint density at radius 3 is 2.80 bits per heavy atom. The van der Waals surface area contributed by atoms with Crippen LogP contribution in [-0.4, -0.2) is 9.97 Å². The first-order chi connectivity index (χ1) is 7.34. The lowest BCUT2D eigenvalue weighted by Crippen LogP contribution is -2.02. The van der Waals surface area contributed by atoms with Gasteiger partial charge >= 0.3 is 0 Å². The zero-order valence-corrected chi connectivity index (χ0v) is 8.70. The molecule has 75 valence electrons. The molecule has 2 rings (SSSR count). The maximum atomic E-state index is 5.86. The Labute approximate surface area is 93.1 Å². The second-order valence-electron chi connectivity index (χ2n) is 2.99. The largest absolute Gasteiger partial charge is 0.350 e. The molecule has 0 atom stereocenters. The van der Waals surface area contributed by atoms with Gasteiger partial charge in [-0.2, -0.15) is 0 Å². The van der Waals surface area contributed by atoms with Crippen LogP contribution in [0.5, 0.6) is 0 Å². The van der Waals surface area contributed by atoms with E-state index in [4.69, 9.17) is 11.6 Å². The van der Waals surface area contributed by atoms with Gasteiger partial charge in [0.15, 0.2) is 0 Å². The molecule has 0 fully saturated rings. The first kappa shape index (κ1) is 9.93. The molecule has 0 aliphatic heterocycles. The zero-order chi connectivity index (χ0) is 10.5. The maximum Gasteiger partial charge on any atom is 0.222 e. The Balaban J connectivity index is 1.99. The van der Waals surface area contributed by atoms with Crippen LogP contribution in [0.3, 0.4) is 0 Å². The molecule has 1 aromatic carbocycles. The molecule has 3 nitrogen and oxygen atoms in total. The van der Waals surface area contributed by atoms with Gasteiger partial charge in [0.25, 0.3) is 0 Å². The molecule has 2 aromatic rings. The van der Waals surface area contributed by atoms with Gasteiger partial charge in [0.05, 0.1) is 0 Å². The van der Waals surface area contributed by atoms with E-state index in [1.807, 2.05) is 24.3 Å². The monoisotopic (exact) mass is 218 g/mol. The quantitative estimate of drug-likeness (QED) is 0.861. The minimum Gasteiger partial charge on any atom is -0.350 e. The van der Waals surface area contributed by atoms with Gasteiger partial charge in [-0.15, -0.1) is 0 Å². The topological polar surface area (TPSA) is 37.8 Å². The normalized spacial score (nSPS) is 9.93. The summed E-state index contributed by atoms with van der Waals surface area (Å²) in [6.07, 6.45) is 3.15. The lowest BCUT2D eigenvalue weighted by Gasteiger charge is -2.04. The van der Waals surface area contributed by atoms with Crippen molar-refractivity contribution < 1.29 is 0 Å². The fourth-order valence-electron chi connectivity index (χ4n) is 1.18. The van der Waals surface area contributed by atoms with Crippen LogP contribution in [0, 0.1) is 6.07 Å². The van der Waals surface area contributed by atoms with E-state index < -0.39 is 0 Å². The minimum atomic E-state index is 0.591. The Morgan fingerprint density at radius 1 is 1.27 bits per heavy atom. The van der Waals surface area contributed by atoms with Crippen LogP contribution in [-0.2, 0) is 6.54 Å². The minimum absolute atomic E-state index is 0.591. The summed E-state index contributed by atoms with van der Waals surface area (Å²) in [5, 5.41) is 3.82. The third-order valence-corrected chi connectivity index (χ3v) is 2.10. The summed E-state index contributed by atoms with van der Waals surface area (Å²) in [5.41, 5.74) is 1.10. The summed E-state index contributed by atoms with van der Waals surface area (Å²) in [6.45, 7) is 0.657. The van der Waals surface area contributed by atoms with Crippen LogP contribution < -0.4 is 5.32 Å². The van der Waals surface area contributed by atoms with Crippen molar-refractivity contribution in [3.8, 4) is 0 Å². The number of nitrogens with zero attached hydrogens (tertiary/aromatic N) is 2. The third-order valence-electron chi connectivity index (χ3n) is 1.86. The number of rotatable bonds is 3. The Kier molecular flexibility index (Phi) is 3.15. The summed E-state index contributed by atoms with van der Waals surface area (Å²) in [7, 11) is 0. The first-order valence-electron chi connectivity index (χ1n) is 4.51. The molecule has 1 N–H and O–H groups in total. The predicted octanol–water partition coefficient (Wildman–Crippen LogP) is 2.54. The van der Waals surface area contributed by atoms with Crippen molar-refractivity contribution in [2.24, 2.45) is 0 Å². The SMILES string of the molecule is Clc1cccc(CNc2nc[c]cn2)c1. The molecule has 1 aromatic heterocycles. The number of anilines is 1. The van der Waals surface area contributed by atoms with Crippen molar-refractivity contribution in [2.45, 2.75) is 6.54 Å². The molecule has 0 aliphatic rings. The van der Waals surface area contributed by atoms with Gasteiger partial charge in [-0.05, 0) is 17.7 Å². The van der Waals surface area contributed by atoms with Crippen molar-refractivity contribution >= 4 is 17.5 Å². The number of benzene rings is 1. The molecule has 0 saturated carbocycles. The van der Waals surface area contributed by atoms with Gasteiger partial charge < -0.3 is 5.32 Å². The standard InChI is InChI=1S/C11H9ClN3/c12-10-4-1-3-9(7-10)8-15-11-13-5-2-6-14-11/h1,3-7H,8H2,(H,13,14,15). The molecule has 0 unspecified atom stereocenters. The summed E-state index contributed by atoms with van der Waals surface area (Å²) in [4.78, 5) is 8.01. The van der Waals surface area contributed by atoms with E-state index in [0.717, 1.165) is 10.6 Å². The van der Waals surface area contributed by atoms with E-state index in [0.29, 0.717) is 12.5 Å². The van der Waals surface area contributed by atoms with Crippen LogP contribution in [0.25, 0.3) is 0 Å². The number of hydrogen-bond acceptors (Lipinski definition) is 3. The highest BCUT2D eigenvalue weighted by molar-refractivity contribution is 6.30. The van der Waals surface area contributed by atoms with Crippen LogP contribution in [0.1, 0.15) is 5.56 Å². The van der Waals surface area contributed by atoms with E-state index in [-0.39, 0.29) is 0 Å². The van der Waals surface area contributed by atoms with E-state index >= 15 is 0 Å². The number of hydrogen-bond donors (Lipinski definition) is 1. The van der Waals surface area contributed by atoms with Crippen molar-refractivity contribution in [3.63, 3.8) is 0 Å². The molecule has 0 spiro atoms. The summed E-state index contributed by atoms with van der Waals surface area (Å²) >= 11 is 5.86. The number of halogens is 1.